The predicted octanol–water partition coefficient (Wildman–Crippen LogP) is 1.50. The molecule has 2 N–H and O–H groups in total. The zero-order chi connectivity index (χ0) is 13.0. The van der Waals surface area contributed by atoms with E-state index >= 15 is 0 Å². The molecule has 98 valence electrons. The molecule has 0 aromatic carbocycles. The van der Waals surface area contributed by atoms with Crippen molar-refractivity contribution in [1.29, 1.82) is 0 Å². The summed E-state index contributed by atoms with van der Waals surface area (Å²) in [5.74, 6) is -0.774. The number of rotatable bonds is 3. The van der Waals surface area contributed by atoms with Crippen molar-refractivity contribution in [3.05, 3.63) is 29.8 Å². The zero-order valence-corrected chi connectivity index (χ0v) is 10.1. The van der Waals surface area contributed by atoms with Crippen molar-refractivity contribution < 1.29 is 14.3 Å². The largest absolute Gasteiger partial charge is 0.393 e. The number of carbonyl (C=O) groups is 1. The summed E-state index contributed by atoms with van der Waals surface area (Å²) in [4.78, 5) is 15.4. The van der Waals surface area contributed by atoms with Crippen molar-refractivity contribution in [1.82, 2.24) is 10.3 Å². The molecule has 1 aliphatic rings. The summed E-state index contributed by atoms with van der Waals surface area (Å²) in [6.07, 6.45) is 5.88. The van der Waals surface area contributed by atoms with Crippen molar-refractivity contribution in [3.8, 4) is 0 Å². The minimum Gasteiger partial charge on any atom is -0.393 e. The van der Waals surface area contributed by atoms with E-state index in [1.807, 2.05) is 0 Å². The van der Waals surface area contributed by atoms with Gasteiger partial charge in [-0.2, -0.15) is 0 Å². The van der Waals surface area contributed by atoms with Gasteiger partial charge in [0, 0.05) is 18.7 Å². The first-order chi connectivity index (χ1) is 8.66. The minimum absolute atomic E-state index is 0.101. The quantitative estimate of drug-likeness (QED) is 0.857. The van der Waals surface area contributed by atoms with Crippen molar-refractivity contribution >= 4 is 5.91 Å². The van der Waals surface area contributed by atoms with E-state index in [2.05, 4.69) is 10.3 Å². The van der Waals surface area contributed by atoms with Crippen molar-refractivity contribution in [2.45, 2.75) is 31.8 Å². The van der Waals surface area contributed by atoms with Gasteiger partial charge in [-0.25, -0.2) is 4.39 Å². The van der Waals surface area contributed by atoms with Gasteiger partial charge in [-0.1, -0.05) is 12.8 Å². The van der Waals surface area contributed by atoms with Crippen LogP contribution in [0, 0.1) is 11.7 Å². The summed E-state index contributed by atoms with van der Waals surface area (Å²) in [5, 5.41) is 12.5. The minimum atomic E-state index is -0.527. The Bertz CT molecular complexity index is 425. The standard InChI is InChI=1S/C13H17FN2O2/c14-11-5-10(6-15-8-11)13(18)16-7-9-3-1-2-4-12(9)17/h5-6,8-9,12,17H,1-4,7H2,(H,16,18). The molecule has 18 heavy (non-hydrogen) atoms. The number of pyridine rings is 1. The molecule has 5 heteroatoms. The summed E-state index contributed by atoms with van der Waals surface area (Å²) >= 11 is 0. The smallest absolute Gasteiger partial charge is 0.252 e. The second-order valence-corrected chi connectivity index (χ2v) is 4.71. The molecule has 1 heterocycles. The van der Waals surface area contributed by atoms with Gasteiger partial charge in [-0.3, -0.25) is 9.78 Å². The fourth-order valence-electron chi connectivity index (χ4n) is 2.29. The number of hydrogen-bond acceptors (Lipinski definition) is 3. The highest BCUT2D eigenvalue weighted by atomic mass is 19.1. The summed E-state index contributed by atoms with van der Waals surface area (Å²) in [5.41, 5.74) is 0.209. The molecule has 2 atom stereocenters. The average molecular weight is 252 g/mol. The molecule has 1 fully saturated rings. The van der Waals surface area contributed by atoms with Crippen LogP contribution in [0.5, 0.6) is 0 Å². The van der Waals surface area contributed by atoms with Crippen LogP contribution in [0.4, 0.5) is 4.39 Å². The van der Waals surface area contributed by atoms with Crippen LogP contribution in [0.3, 0.4) is 0 Å². The third kappa shape index (κ3) is 3.26. The monoisotopic (exact) mass is 252 g/mol. The molecular formula is C13H17FN2O2. The topological polar surface area (TPSA) is 62.2 Å². The number of nitrogens with zero attached hydrogens (tertiary/aromatic N) is 1. The number of aliphatic hydroxyl groups excluding tert-OH is 1. The molecular weight excluding hydrogens is 235 g/mol. The molecule has 0 bridgehead atoms. The van der Waals surface area contributed by atoms with Gasteiger partial charge >= 0.3 is 0 Å². The Morgan fingerprint density at radius 1 is 1.44 bits per heavy atom. The molecule has 1 aliphatic carbocycles. The number of aromatic nitrogens is 1. The van der Waals surface area contributed by atoms with Crippen molar-refractivity contribution in [2.24, 2.45) is 5.92 Å². The molecule has 2 unspecified atom stereocenters. The molecule has 0 aliphatic heterocycles. The van der Waals surface area contributed by atoms with E-state index in [9.17, 15) is 14.3 Å². The van der Waals surface area contributed by atoms with Gasteiger partial charge in [0.1, 0.15) is 5.82 Å². The highest BCUT2D eigenvalue weighted by Gasteiger charge is 2.23. The molecule has 0 saturated heterocycles. The second-order valence-electron chi connectivity index (χ2n) is 4.71. The third-order valence-corrected chi connectivity index (χ3v) is 3.36. The number of carbonyl (C=O) groups excluding carboxylic acids is 1. The van der Waals surface area contributed by atoms with Crippen molar-refractivity contribution in [3.63, 3.8) is 0 Å². The second kappa shape index (κ2) is 5.91. The van der Waals surface area contributed by atoms with Crippen LogP contribution >= 0.6 is 0 Å². The Labute approximate surface area is 105 Å². The number of halogens is 1. The maximum atomic E-state index is 12.9. The van der Waals surface area contributed by atoms with Gasteiger partial charge in [0.15, 0.2) is 0 Å². The lowest BCUT2D eigenvalue weighted by molar-refractivity contribution is 0.0662. The van der Waals surface area contributed by atoms with E-state index in [4.69, 9.17) is 0 Å². The van der Waals surface area contributed by atoms with E-state index < -0.39 is 5.82 Å². The van der Waals surface area contributed by atoms with Gasteiger partial charge < -0.3 is 10.4 Å². The molecule has 1 aromatic rings. The zero-order valence-electron chi connectivity index (χ0n) is 10.1. The number of hydrogen-bond donors (Lipinski definition) is 2. The van der Waals surface area contributed by atoms with E-state index in [1.54, 1.807) is 0 Å². The maximum absolute atomic E-state index is 12.9. The maximum Gasteiger partial charge on any atom is 0.252 e. The Hall–Kier alpha value is -1.49. The summed E-state index contributed by atoms with van der Waals surface area (Å²) in [7, 11) is 0. The lowest BCUT2D eigenvalue weighted by Crippen LogP contribution is -2.36. The summed E-state index contributed by atoms with van der Waals surface area (Å²) in [6.45, 7) is 0.427. The highest BCUT2D eigenvalue weighted by molar-refractivity contribution is 5.93. The van der Waals surface area contributed by atoms with Gasteiger partial charge in [-0.05, 0) is 18.9 Å². The van der Waals surface area contributed by atoms with E-state index in [0.29, 0.717) is 6.54 Å². The third-order valence-electron chi connectivity index (χ3n) is 3.36. The SMILES string of the molecule is O=C(NCC1CCCCC1O)c1cncc(F)c1. The summed E-state index contributed by atoms with van der Waals surface area (Å²) < 4.78 is 12.9. The van der Waals surface area contributed by atoms with E-state index in [0.717, 1.165) is 37.9 Å². The summed E-state index contributed by atoms with van der Waals surface area (Å²) in [6, 6.07) is 1.15. The Morgan fingerprint density at radius 3 is 2.94 bits per heavy atom. The molecule has 1 saturated carbocycles. The van der Waals surface area contributed by atoms with Gasteiger partial charge in [-0.15, -0.1) is 0 Å². The van der Waals surface area contributed by atoms with Crippen LogP contribution in [0.25, 0.3) is 0 Å². The van der Waals surface area contributed by atoms with Crippen LogP contribution in [0.15, 0.2) is 18.5 Å². The van der Waals surface area contributed by atoms with Gasteiger partial charge in [0.2, 0.25) is 0 Å². The fraction of sp³-hybridized carbons (Fsp3) is 0.538. The van der Waals surface area contributed by atoms with Crippen LogP contribution in [-0.2, 0) is 0 Å². The van der Waals surface area contributed by atoms with Crippen LogP contribution in [-0.4, -0.2) is 28.6 Å². The Balaban J connectivity index is 1.88. The van der Waals surface area contributed by atoms with Crippen LogP contribution in [0.2, 0.25) is 0 Å². The highest BCUT2D eigenvalue weighted by Crippen LogP contribution is 2.23. The lowest BCUT2D eigenvalue weighted by atomic mass is 9.86. The fourth-order valence-corrected chi connectivity index (χ4v) is 2.29. The molecule has 0 spiro atoms. The van der Waals surface area contributed by atoms with Gasteiger partial charge in [0.25, 0.3) is 5.91 Å². The molecule has 4 nitrogen and oxygen atoms in total. The molecule has 0 radical (unpaired) electrons. The van der Waals surface area contributed by atoms with Crippen LogP contribution in [0.1, 0.15) is 36.0 Å². The predicted molar refractivity (Wildman–Crippen MR) is 64.5 cm³/mol. The first-order valence-corrected chi connectivity index (χ1v) is 6.23. The first kappa shape index (κ1) is 13.0. The molecule has 2 rings (SSSR count). The van der Waals surface area contributed by atoms with E-state index in [-0.39, 0.29) is 23.5 Å². The lowest BCUT2D eigenvalue weighted by Gasteiger charge is -2.27. The van der Waals surface area contributed by atoms with Gasteiger partial charge in [0.05, 0.1) is 17.9 Å². The molecule has 1 aromatic heterocycles. The van der Waals surface area contributed by atoms with Crippen molar-refractivity contribution in [2.75, 3.05) is 6.54 Å². The molecule has 1 amide bonds. The number of nitrogens with one attached hydrogen (secondary N) is 1. The number of amides is 1. The van der Waals surface area contributed by atoms with Crippen LogP contribution < -0.4 is 5.32 Å². The Morgan fingerprint density at radius 2 is 2.22 bits per heavy atom. The van der Waals surface area contributed by atoms with E-state index in [1.165, 1.54) is 6.20 Å². The first-order valence-electron chi connectivity index (χ1n) is 6.23. The Kier molecular flexibility index (Phi) is 4.25. The average Bonchev–Trinajstić information content (AvgIpc) is 2.37. The normalized spacial score (nSPS) is 23.7. The number of aliphatic hydroxyl groups is 1.